The molecule has 0 saturated carbocycles. The molecule has 1 aromatic rings. The fourth-order valence-electron chi connectivity index (χ4n) is 2.11. The third kappa shape index (κ3) is 3.30. The van der Waals surface area contributed by atoms with Gasteiger partial charge in [0.1, 0.15) is 5.82 Å². The van der Waals surface area contributed by atoms with Crippen LogP contribution in [0.25, 0.3) is 0 Å². The Balaban J connectivity index is 1.92. The average molecular weight is 236 g/mol. The summed E-state index contributed by atoms with van der Waals surface area (Å²) in [6.07, 6.45) is 5.81. The van der Waals surface area contributed by atoms with Crippen molar-refractivity contribution in [3.05, 3.63) is 12.4 Å². The molecule has 1 saturated heterocycles. The highest BCUT2D eigenvalue weighted by atomic mass is 16.5. The molecular weight excluding hydrogens is 216 g/mol. The zero-order valence-electron chi connectivity index (χ0n) is 10.5. The van der Waals surface area contributed by atoms with Crippen LogP contribution in [0.5, 0.6) is 5.88 Å². The van der Waals surface area contributed by atoms with Crippen LogP contribution in [0.1, 0.15) is 19.8 Å². The van der Waals surface area contributed by atoms with Crippen molar-refractivity contribution in [1.82, 2.24) is 15.3 Å². The highest BCUT2D eigenvalue weighted by Crippen LogP contribution is 2.25. The molecular formula is C12H20N4O. The topological polar surface area (TPSA) is 59.1 Å². The van der Waals surface area contributed by atoms with E-state index in [9.17, 15) is 0 Å². The number of anilines is 1. The number of piperidine rings is 1. The van der Waals surface area contributed by atoms with Crippen molar-refractivity contribution in [2.45, 2.75) is 19.8 Å². The molecule has 2 N–H and O–H groups in total. The first-order valence-electron chi connectivity index (χ1n) is 6.02. The van der Waals surface area contributed by atoms with Crippen molar-refractivity contribution in [2.75, 3.05) is 32.1 Å². The highest BCUT2D eigenvalue weighted by molar-refractivity contribution is 5.33. The molecule has 5 nitrogen and oxygen atoms in total. The molecule has 0 radical (unpaired) electrons. The molecule has 0 aromatic carbocycles. The number of hydrogen-bond acceptors (Lipinski definition) is 5. The van der Waals surface area contributed by atoms with E-state index in [-0.39, 0.29) is 0 Å². The van der Waals surface area contributed by atoms with Crippen LogP contribution >= 0.6 is 0 Å². The third-order valence-electron chi connectivity index (χ3n) is 3.20. The Morgan fingerprint density at radius 2 is 2.41 bits per heavy atom. The maximum absolute atomic E-state index is 5.05. The monoisotopic (exact) mass is 236 g/mol. The van der Waals surface area contributed by atoms with Crippen LogP contribution in [-0.2, 0) is 0 Å². The molecule has 17 heavy (non-hydrogen) atoms. The molecule has 2 rings (SSSR count). The van der Waals surface area contributed by atoms with Gasteiger partial charge in [-0.1, -0.05) is 6.92 Å². The molecule has 1 unspecified atom stereocenters. The van der Waals surface area contributed by atoms with Crippen LogP contribution in [0.2, 0.25) is 0 Å². The van der Waals surface area contributed by atoms with Crippen molar-refractivity contribution in [3.8, 4) is 5.88 Å². The summed E-state index contributed by atoms with van der Waals surface area (Å²) in [5, 5.41) is 6.77. The van der Waals surface area contributed by atoms with Gasteiger partial charge in [0, 0.05) is 13.1 Å². The number of rotatable bonds is 4. The van der Waals surface area contributed by atoms with E-state index in [1.165, 1.54) is 12.8 Å². The molecule has 0 bridgehead atoms. The van der Waals surface area contributed by atoms with Gasteiger partial charge in [-0.25, -0.2) is 0 Å². The molecule has 1 aliphatic heterocycles. The summed E-state index contributed by atoms with van der Waals surface area (Å²) in [4.78, 5) is 8.37. The second-order valence-electron chi connectivity index (χ2n) is 4.89. The van der Waals surface area contributed by atoms with Gasteiger partial charge >= 0.3 is 0 Å². The van der Waals surface area contributed by atoms with E-state index < -0.39 is 0 Å². The van der Waals surface area contributed by atoms with E-state index in [1.807, 2.05) is 0 Å². The molecule has 2 heterocycles. The van der Waals surface area contributed by atoms with Crippen molar-refractivity contribution >= 4 is 5.82 Å². The lowest BCUT2D eigenvalue weighted by atomic mass is 9.83. The van der Waals surface area contributed by atoms with Crippen LogP contribution in [0, 0.1) is 5.41 Å². The van der Waals surface area contributed by atoms with Gasteiger partial charge in [0.25, 0.3) is 0 Å². The minimum atomic E-state index is 0.295. The van der Waals surface area contributed by atoms with Crippen LogP contribution in [0.3, 0.4) is 0 Å². The zero-order chi connectivity index (χ0) is 12.1. The normalized spacial score (nSPS) is 24.4. The van der Waals surface area contributed by atoms with Gasteiger partial charge in [-0.15, -0.1) is 0 Å². The maximum atomic E-state index is 5.05. The molecule has 94 valence electrons. The molecule has 0 spiro atoms. The van der Waals surface area contributed by atoms with E-state index in [1.54, 1.807) is 19.5 Å². The number of ether oxygens (including phenoxy) is 1. The van der Waals surface area contributed by atoms with Gasteiger partial charge in [0.2, 0.25) is 5.88 Å². The van der Waals surface area contributed by atoms with Gasteiger partial charge in [-0.05, 0) is 24.8 Å². The molecule has 5 heteroatoms. The van der Waals surface area contributed by atoms with Gasteiger partial charge in [0.15, 0.2) is 0 Å². The predicted molar refractivity (Wildman–Crippen MR) is 67.3 cm³/mol. The molecule has 1 aliphatic rings. The Morgan fingerprint density at radius 3 is 3.12 bits per heavy atom. The number of hydrogen-bond donors (Lipinski definition) is 2. The van der Waals surface area contributed by atoms with Crippen molar-refractivity contribution in [2.24, 2.45) is 5.41 Å². The fraction of sp³-hybridized carbons (Fsp3) is 0.667. The smallest absolute Gasteiger partial charge is 0.233 e. The van der Waals surface area contributed by atoms with Crippen LogP contribution < -0.4 is 15.4 Å². The minimum absolute atomic E-state index is 0.295. The first kappa shape index (κ1) is 12.1. The summed E-state index contributed by atoms with van der Waals surface area (Å²) in [5.41, 5.74) is 0.295. The molecule has 1 atom stereocenters. The van der Waals surface area contributed by atoms with E-state index in [0.29, 0.717) is 11.3 Å². The van der Waals surface area contributed by atoms with Gasteiger partial charge in [0.05, 0.1) is 19.5 Å². The van der Waals surface area contributed by atoms with E-state index in [2.05, 4.69) is 27.5 Å². The van der Waals surface area contributed by atoms with Crippen LogP contribution in [0.15, 0.2) is 12.4 Å². The Kier molecular flexibility index (Phi) is 3.78. The van der Waals surface area contributed by atoms with Crippen molar-refractivity contribution in [3.63, 3.8) is 0 Å². The van der Waals surface area contributed by atoms with Gasteiger partial charge in [-0.3, -0.25) is 4.98 Å². The van der Waals surface area contributed by atoms with E-state index in [0.717, 1.165) is 25.5 Å². The Bertz CT molecular complexity index is 363. The Morgan fingerprint density at radius 1 is 1.53 bits per heavy atom. The Hall–Kier alpha value is -1.36. The number of nitrogens with zero attached hydrogens (tertiary/aromatic N) is 2. The number of methoxy groups -OCH3 is 1. The predicted octanol–water partition coefficient (Wildman–Crippen LogP) is 1.29. The second kappa shape index (κ2) is 5.31. The van der Waals surface area contributed by atoms with Crippen molar-refractivity contribution < 1.29 is 4.74 Å². The van der Waals surface area contributed by atoms with Gasteiger partial charge < -0.3 is 15.4 Å². The van der Waals surface area contributed by atoms with E-state index >= 15 is 0 Å². The standard InChI is InChI=1S/C12H20N4O/c1-12(4-3-5-13-8-12)9-15-10-6-14-7-11(16-10)17-2/h6-7,13H,3-5,8-9H2,1-2H3,(H,15,16). The molecule has 1 fully saturated rings. The largest absolute Gasteiger partial charge is 0.480 e. The molecule has 1 aromatic heterocycles. The quantitative estimate of drug-likeness (QED) is 0.825. The van der Waals surface area contributed by atoms with E-state index in [4.69, 9.17) is 4.74 Å². The van der Waals surface area contributed by atoms with Crippen molar-refractivity contribution in [1.29, 1.82) is 0 Å². The first-order chi connectivity index (χ1) is 8.22. The first-order valence-corrected chi connectivity index (χ1v) is 6.02. The minimum Gasteiger partial charge on any atom is -0.480 e. The zero-order valence-corrected chi connectivity index (χ0v) is 10.5. The SMILES string of the molecule is COc1cncc(NCC2(C)CCCNC2)n1. The summed E-state index contributed by atoms with van der Waals surface area (Å²) in [5.74, 6) is 1.32. The molecule has 0 aliphatic carbocycles. The van der Waals surface area contributed by atoms with Crippen LogP contribution in [0.4, 0.5) is 5.82 Å². The lowest BCUT2D eigenvalue weighted by Crippen LogP contribution is -2.42. The maximum Gasteiger partial charge on any atom is 0.233 e. The summed E-state index contributed by atoms with van der Waals surface area (Å²) >= 11 is 0. The summed E-state index contributed by atoms with van der Waals surface area (Å²) in [6, 6.07) is 0. The lowest BCUT2D eigenvalue weighted by Gasteiger charge is -2.34. The average Bonchev–Trinajstić information content (AvgIpc) is 2.38. The highest BCUT2D eigenvalue weighted by Gasteiger charge is 2.26. The van der Waals surface area contributed by atoms with Gasteiger partial charge in [-0.2, -0.15) is 4.98 Å². The lowest BCUT2D eigenvalue weighted by molar-refractivity contribution is 0.253. The molecule has 0 amide bonds. The third-order valence-corrected chi connectivity index (χ3v) is 3.20. The summed E-state index contributed by atoms with van der Waals surface area (Å²) < 4.78 is 5.05. The number of nitrogens with one attached hydrogen (secondary N) is 2. The Labute approximate surface area is 102 Å². The second-order valence-corrected chi connectivity index (χ2v) is 4.89. The summed E-state index contributed by atoms with van der Waals surface area (Å²) in [6.45, 7) is 5.38. The van der Waals surface area contributed by atoms with Crippen LogP contribution in [-0.4, -0.2) is 36.7 Å². The summed E-state index contributed by atoms with van der Waals surface area (Å²) in [7, 11) is 1.60. The number of aromatic nitrogens is 2. The fourth-order valence-corrected chi connectivity index (χ4v) is 2.11.